The van der Waals surface area contributed by atoms with Gasteiger partial charge >= 0.3 is 0 Å². The summed E-state index contributed by atoms with van der Waals surface area (Å²) in [5.41, 5.74) is 7.48. The molecule has 2 aliphatic heterocycles. The highest BCUT2D eigenvalue weighted by Crippen LogP contribution is 2.52. The van der Waals surface area contributed by atoms with Crippen LogP contribution in [-0.2, 0) is 0 Å². The van der Waals surface area contributed by atoms with Gasteiger partial charge in [0.25, 0.3) is 23.6 Å². The molecule has 0 aromatic heterocycles. The van der Waals surface area contributed by atoms with Gasteiger partial charge in [0.1, 0.15) is 11.5 Å². The van der Waals surface area contributed by atoms with Crippen LogP contribution in [0.4, 0.5) is 11.4 Å². The standard InChI is InChI=1S/C74H76N4O6/c1-3-5-7-9-11-13-15-17-19-25-43-77-71(81)57-41-39-55-66-60(50-33-37-54(38-34-50)76-48-52-28-22-24-30-64(52)80)46-62-68-58(72(82)78(74(62)84)44-26-20-18-16-14-12-10-8-6-4-2)42-40-56(70(66)68)65-59(45-61(73(77)83)67(57)69(55)65)49-31-35-53(36-32-49)75-47-51-27-21-23-29-63(51)79/h21-24,27-42,45-48,79-80H,3-20,25-26,43-44H2,1-2H3. The highest BCUT2D eigenvalue weighted by molar-refractivity contribution is 6.44. The predicted octanol–water partition coefficient (Wildman–Crippen LogP) is 19.0. The fourth-order valence-electron chi connectivity index (χ4n) is 12.9. The van der Waals surface area contributed by atoms with E-state index in [0.29, 0.717) is 81.5 Å². The van der Waals surface area contributed by atoms with Crippen molar-refractivity contribution < 1.29 is 29.4 Å². The Kier molecular flexibility index (Phi) is 18.0. The van der Waals surface area contributed by atoms with E-state index in [-0.39, 0.29) is 35.1 Å². The lowest BCUT2D eigenvalue weighted by atomic mass is 9.78. The number of hydrogen-bond acceptors (Lipinski definition) is 8. The van der Waals surface area contributed by atoms with Crippen molar-refractivity contribution in [1.82, 2.24) is 9.80 Å². The van der Waals surface area contributed by atoms with Gasteiger partial charge in [-0.2, -0.15) is 0 Å². The van der Waals surface area contributed by atoms with Crippen LogP contribution >= 0.6 is 0 Å². The van der Waals surface area contributed by atoms with E-state index in [2.05, 4.69) is 13.8 Å². The van der Waals surface area contributed by atoms with Gasteiger partial charge in [-0.25, -0.2) is 0 Å². The second-order valence-corrected chi connectivity index (χ2v) is 23.1. The van der Waals surface area contributed by atoms with Crippen molar-refractivity contribution in [1.29, 1.82) is 0 Å². The fraction of sp³-hybridized carbons (Fsp3) is 0.324. The average molecular weight is 1120 g/mol. The Balaban J connectivity index is 1.04. The summed E-state index contributed by atoms with van der Waals surface area (Å²) in [6, 6.07) is 41.3. The van der Waals surface area contributed by atoms with Crippen LogP contribution in [-0.4, -0.2) is 69.2 Å². The SMILES string of the molecule is CCCCCCCCCCCCN1C(=O)c2ccc3c4c(-c5ccc(N=Cc6ccccc6O)cc5)cc5c6c(ccc(c7c(-c8ccc(N=Cc9ccccc9O)cc8)cc(c2c37)C1=O)c64)C(=O)N(CCCCCCCCCCCC)C5=O. The largest absolute Gasteiger partial charge is 0.507 e. The number of phenolic OH excluding ortho intramolecular Hbond substituents is 2. The molecule has 0 atom stereocenters. The van der Waals surface area contributed by atoms with Crippen LogP contribution < -0.4 is 0 Å². The number of carbonyl (C=O) groups excluding carboxylic acids is 4. The molecule has 9 aromatic carbocycles. The molecule has 0 aliphatic carbocycles. The van der Waals surface area contributed by atoms with Crippen molar-refractivity contribution in [3.63, 3.8) is 0 Å². The predicted molar refractivity (Wildman–Crippen MR) is 344 cm³/mol. The van der Waals surface area contributed by atoms with Crippen LogP contribution in [0.5, 0.6) is 11.5 Å². The zero-order chi connectivity index (χ0) is 58.1. The summed E-state index contributed by atoms with van der Waals surface area (Å²) < 4.78 is 0. The minimum atomic E-state index is -0.327. The number of phenols is 2. The van der Waals surface area contributed by atoms with Gasteiger partial charge in [0.05, 0.1) is 11.4 Å². The lowest BCUT2D eigenvalue weighted by Crippen LogP contribution is -2.41. The Morgan fingerprint density at radius 1 is 0.345 bits per heavy atom. The van der Waals surface area contributed by atoms with Crippen LogP contribution in [0.2, 0.25) is 0 Å². The molecule has 428 valence electrons. The van der Waals surface area contributed by atoms with Crippen molar-refractivity contribution in [2.75, 3.05) is 13.1 Å². The molecule has 10 nitrogen and oxygen atoms in total. The summed E-state index contributed by atoms with van der Waals surface area (Å²) in [5, 5.41) is 26.9. The van der Waals surface area contributed by atoms with Gasteiger partial charge in [0.2, 0.25) is 0 Å². The minimum absolute atomic E-state index is 0.128. The highest BCUT2D eigenvalue weighted by Gasteiger charge is 2.38. The van der Waals surface area contributed by atoms with E-state index in [0.717, 1.165) is 93.1 Å². The number of nitrogens with zero attached hydrogens (tertiary/aromatic N) is 4. The van der Waals surface area contributed by atoms with Crippen molar-refractivity contribution >= 4 is 90.5 Å². The first-order valence-electron chi connectivity index (χ1n) is 31.0. The lowest BCUT2D eigenvalue weighted by molar-refractivity contribution is 0.0592. The molecule has 0 spiro atoms. The molecule has 4 amide bonds. The first-order valence-corrected chi connectivity index (χ1v) is 31.0. The molecule has 9 aromatic rings. The quantitative estimate of drug-likeness (QED) is 0.0165. The number of rotatable bonds is 28. The Morgan fingerprint density at radius 3 is 1.04 bits per heavy atom. The number of aromatic hydroxyl groups is 2. The van der Waals surface area contributed by atoms with Crippen molar-refractivity contribution in [2.24, 2.45) is 9.98 Å². The monoisotopic (exact) mass is 1120 g/mol. The number of unbranched alkanes of at least 4 members (excludes halogenated alkanes) is 18. The molecule has 0 radical (unpaired) electrons. The summed E-state index contributed by atoms with van der Waals surface area (Å²) >= 11 is 0. The lowest BCUT2D eigenvalue weighted by Gasteiger charge is -2.32. The number of amides is 4. The van der Waals surface area contributed by atoms with Gasteiger partial charge < -0.3 is 10.2 Å². The number of carbonyl (C=O) groups is 4. The minimum Gasteiger partial charge on any atom is -0.507 e. The van der Waals surface area contributed by atoms with E-state index in [1.807, 2.05) is 97.1 Å². The second-order valence-electron chi connectivity index (χ2n) is 23.1. The van der Waals surface area contributed by atoms with E-state index >= 15 is 9.59 Å². The maximum Gasteiger partial charge on any atom is 0.261 e. The third-order valence-corrected chi connectivity index (χ3v) is 17.4. The van der Waals surface area contributed by atoms with Gasteiger partial charge in [-0.1, -0.05) is 190 Å². The summed E-state index contributed by atoms with van der Waals surface area (Å²) in [5.74, 6) is -1.02. The van der Waals surface area contributed by atoms with Crippen molar-refractivity contribution in [3.8, 4) is 33.8 Å². The number of hydrogen-bond donors (Lipinski definition) is 2. The maximum atomic E-state index is 15.2. The van der Waals surface area contributed by atoms with Crippen LogP contribution in [0.1, 0.15) is 195 Å². The molecule has 0 saturated carbocycles. The molecule has 0 fully saturated rings. The van der Waals surface area contributed by atoms with Gasteiger partial charge in [0.15, 0.2) is 0 Å². The topological polar surface area (TPSA) is 140 Å². The molecule has 0 unspecified atom stereocenters. The second kappa shape index (κ2) is 26.4. The van der Waals surface area contributed by atoms with E-state index < -0.39 is 0 Å². The Morgan fingerprint density at radius 2 is 0.679 bits per heavy atom. The molecule has 2 aliphatic rings. The van der Waals surface area contributed by atoms with Crippen molar-refractivity contribution in [3.05, 3.63) is 167 Å². The summed E-state index contributed by atoms with van der Waals surface area (Å²) in [6.07, 6.45) is 26.0. The smallest absolute Gasteiger partial charge is 0.261 e. The molecular formula is C74H76N4O6. The van der Waals surface area contributed by atoms with Crippen LogP contribution in [0.3, 0.4) is 0 Å². The number of aliphatic imine (C=N–C) groups is 2. The third-order valence-electron chi connectivity index (χ3n) is 17.4. The van der Waals surface area contributed by atoms with Gasteiger partial charge in [0, 0.05) is 69.7 Å². The number of para-hydroxylation sites is 2. The van der Waals surface area contributed by atoms with Crippen molar-refractivity contribution in [2.45, 2.75) is 142 Å². The Bertz CT molecular complexity index is 3700. The van der Waals surface area contributed by atoms with E-state index in [4.69, 9.17) is 9.98 Å². The summed E-state index contributed by atoms with van der Waals surface area (Å²) in [7, 11) is 0. The van der Waals surface area contributed by atoms with E-state index in [9.17, 15) is 19.8 Å². The number of fused-ring (bicyclic) bond motifs is 2. The van der Waals surface area contributed by atoms with Gasteiger partial charge in [-0.05, 0) is 140 Å². The van der Waals surface area contributed by atoms with Crippen LogP contribution in [0.25, 0.3) is 65.3 Å². The molecule has 11 rings (SSSR count). The maximum absolute atomic E-state index is 15.2. The molecule has 0 saturated heterocycles. The normalized spacial score (nSPS) is 13.5. The molecule has 84 heavy (non-hydrogen) atoms. The zero-order valence-corrected chi connectivity index (χ0v) is 48.7. The van der Waals surface area contributed by atoms with E-state index in [1.165, 1.54) is 86.8 Å². The first kappa shape index (κ1) is 57.3. The van der Waals surface area contributed by atoms with Gasteiger partial charge in [-0.3, -0.25) is 39.0 Å². The third kappa shape index (κ3) is 11.7. The molecule has 2 N–H and O–H groups in total. The summed E-state index contributed by atoms with van der Waals surface area (Å²) in [4.78, 5) is 72.6. The Hall–Kier alpha value is -8.50. The van der Waals surface area contributed by atoms with Crippen LogP contribution in [0.15, 0.2) is 143 Å². The number of imide groups is 2. The Labute approximate surface area is 493 Å². The zero-order valence-electron chi connectivity index (χ0n) is 48.7. The van der Waals surface area contributed by atoms with Gasteiger partial charge in [-0.15, -0.1) is 0 Å². The van der Waals surface area contributed by atoms with E-state index in [1.54, 1.807) is 48.8 Å². The molecule has 2 heterocycles. The fourth-order valence-corrected chi connectivity index (χ4v) is 12.9. The molecule has 10 heteroatoms. The number of benzene rings is 9. The van der Waals surface area contributed by atoms with Crippen LogP contribution in [0, 0.1) is 0 Å². The first-order chi connectivity index (χ1) is 41.2. The molecular weight excluding hydrogens is 1040 g/mol. The molecule has 0 bridgehead atoms. The summed E-state index contributed by atoms with van der Waals surface area (Å²) in [6.45, 7) is 5.11. The average Bonchev–Trinajstić information content (AvgIpc) is 0.719. The highest BCUT2D eigenvalue weighted by atomic mass is 16.3.